The summed E-state index contributed by atoms with van der Waals surface area (Å²) in [6, 6.07) is 8.89. The number of benzene rings is 2. The van der Waals surface area contributed by atoms with Crippen LogP contribution < -0.4 is 5.32 Å². The van der Waals surface area contributed by atoms with Gasteiger partial charge >= 0.3 is 5.97 Å². The number of nitrogens with one attached hydrogen (secondary N) is 1. The van der Waals surface area contributed by atoms with E-state index in [1.807, 2.05) is 25.1 Å². The summed E-state index contributed by atoms with van der Waals surface area (Å²) in [5.41, 5.74) is 2.33. The van der Waals surface area contributed by atoms with Crippen LogP contribution in [-0.2, 0) is 11.2 Å². The number of aryl methyl sites for hydroxylation is 1. The van der Waals surface area contributed by atoms with E-state index in [2.05, 4.69) is 10.3 Å². The first-order chi connectivity index (χ1) is 10.6. The predicted octanol–water partition coefficient (Wildman–Crippen LogP) is 3.65. The zero-order valence-electron chi connectivity index (χ0n) is 11.8. The number of nitrogens with zero attached hydrogens (tertiary/aromatic N) is 1. The monoisotopic (exact) mass is 300 g/mol. The van der Waals surface area contributed by atoms with Gasteiger partial charge in [-0.2, -0.15) is 0 Å². The lowest BCUT2D eigenvalue weighted by atomic mass is 10.1. The number of hydrogen-bond acceptors (Lipinski definition) is 4. The van der Waals surface area contributed by atoms with Crippen molar-refractivity contribution >= 4 is 28.4 Å². The van der Waals surface area contributed by atoms with E-state index in [1.165, 1.54) is 6.07 Å². The average molecular weight is 300 g/mol. The molecule has 0 radical (unpaired) electrons. The van der Waals surface area contributed by atoms with Gasteiger partial charge in [0.15, 0.2) is 17.8 Å². The number of carbonyl (C=O) groups is 1. The zero-order chi connectivity index (χ0) is 15.7. The molecule has 3 aromatic rings. The number of carboxylic acids is 1. The second kappa shape index (κ2) is 5.48. The molecule has 0 bridgehead atoms. The fourth-order valence-corrected chi connectivity index (χ4v) is 2.30. The standard InChI is InChI=1S/C16H13FN2O3/c1-9-4-2-3-5-11(9)19-15-10(7-13(20)21)6-12-16(14(15)17)22-8-18-12/h2-6,8,19H,7H2,1H3,(H,20,21). The Labute approximate surface area is 125 Å². The van der Waals surface area contributed by atoms with Crippen molar-refractivity contribution in [3.63, 3.8) is 0 Å². The van der Waals surface area contributed by atoms with Crippen LogP contribution in [0.25, 0.3) is 11.1 Å². The van der Waals surface area contributed by atoms with Crippen LogP contribution in [0.4, 0.5) is 15.8 Å². The van der Waals surface area contributed by atoms with Gasteiger partial charge in [0.2, 0.25) is 0 Å². The topological polar surface area (TPSA) is 75.4 Å². The van der Waals surface area contributed by atoms with Gasteiger partial charge in [0.05, 0.1) is 12.1 Å². The third-order valence-electron chi connectivity index (χ3n) is 3.39. The number of rotatable bonds is 4. The maximum atomic E-state index is 14.6. The number of carboxylic acid groups (broad SMARTS) is 1. The van der Waals surface area contributed by atoms with E-state index in [4.69, 9.17) is 9.52 Å². The number of oxazole rings is 1. The maximum Gasteiger partial charge on any atom is 0.307 e. The highest BCUT2D eigenvalue weighted by Gasteiger charge is 2.19. The Hall–Kier alpha value is -2.89. The lowest BCUT2D eigenvalue weighted by Gasteiger charge is -2.14. The molecule has 0 aliphatic heterocycles. The fourth-order valence-electron chi connectivity index (χ4n) is 2.30. The van der Waals surface area contributed by atoms with E-state index in [1.54, 1.807) is 6.07 Å². The fraction of sp³-hybridized carbons (Fsp3) is 0.125. The zero-order valence-corrected chi connectivity index (χ0v) is 11.8. The largest absolute Gasteiger partial charge is 0.481 e. The van der Waals surface area contributed by atoms with E-state index >= 15 is 0 Å². The first-order valence-electron chi connectivity index (χ1n) is 6.65. The molecule has 3 rings (SSSR count). The van der Waals surface area contributed by atoms with Crippen molar-refractivity contribution in [3.05, 3.63) is 53.7 Å². The molecule has 22 heavy (non-hydrogen) atoms. The van der Waals surface area contributed by atoms with Crippen LogP contribution >= 0.6 is 0 Å². The van der Waals surface area contributed by atoms with E-state index in [9.17, 15) is 9.18 Å². The molecule has 0 amide bonds. The highest BCUT2D eigenvalue weighted by Crippen LogP contribution is 2.32. The molecule has 0 fully saturated rings. The Morgan fingerprint density at radius 2 is 2.18 bits per heavy atom. The van der Waals surface area contributed by atoms with E-state index in [0.717, 1.165) is 12.0 Å². The molecule has 1 heterocycles. The molecule has 0 aliphatic carbocycles. The van der Waals surface area contributed by atoms with Crippen LogP contribution in [0.3, 0.4) is 0 Å². The van der Waals surface area contributed by atoms with Gasteiger partial charge in [-0.1, -0.05) is 18.2 Å². The lowest BCUT2D eigenvalue weighted by molar-refractivity contribution is -0.136. The van der Waals surface area contributed by atoms with Crippen molar-refractivity contribution in [2.24, 2.45) is 0 Å². The average Bonchev–Trinajstić information content (AvgIpc) is 2.93. The minimum absolute atomic E-state index is 0.00484. The van der Waals surface area contributed by atoms with Crippen LogP contribution in [0.1, 0.15) is 11.1 Å². The molecule has 0 unspecified atom stereocenters. The SMILES string of the molecule is Cc1ccccc1Nc1c(CC(=O)O)cc2ncoc2c1F. The first kappa shape index (κ1) is 14.1. The summed E-state index contributed by atoms with van der Waals surface area (Å²) < 4.78 is 19.7. The minimum Gasteiger partial charge on any atom is -0.481 e. The highest BCUT2D eigenvalue weighted by molar-refractivity contribution is 5.85. The van der Waals surface area contributed by atoms with Crippen LogP contribution in [-0.4, -0.2) is 16.1 Å². The summed E-state index contributed by atoms with van der Waals surface area (Å²) in [7, 11) is 0. The first-order valence-corrected chi connectivity index (χ1v) is 6.65. The molecular weight excluding hydrogens is 287 g/mol. The molecule has 5 nitrogen and oxygen atoms in total. The number of aromatic nitrogens is 1. The Morgan fingerprint density at radius 3 is 2.91 bits per heavy atom. The minimum atomic E-state index is -1.05. The highest BCUT2D eigenvalue weighted by atomic mass is 19.1. The summed E-state index contributed by atoms with van der Waals surface area (Å²) >= 11 is 0. The number of halogens is 1. The number of fused-ring (bicyclic) bond motifs is 1. The molecule has 2 N–H and O–H groups in total. The summed E-state index contributed by atoms with van der Waals surface area (Å²) in [6.45, 7) is 1.88. The summed E-state index contributed by atoms with van der Waals surface area (Å²) in [5, 5.41) is 12.0. The van der Waals surface area contributed by atoms with Gasteiger partial charge in [-0.25, -0.2) is 9.37 Å². The number of para-hydroxylation sites is 1. The third kappa shape index (κ3) is 2.50. The van der Waals surface area contributed by atoms with Crippen molar-refractivity contribution in [1.82, 2.24) is 4.98 Å². The van der Waals surface area contributed by atoms with Gasteiger partial charge in [-0.15, -0.1) is 0 Å². The van der Waals surface area contributed by atoms with Gasteiger partial charge in [0.25, 0.3) is 0 Å². The van der Waals surface area contributed by atoms with Gasteiger partial charge < -0.3 is 14.8 Å². The van der Waals surface area contributed by atoms with Crippen LogP contribution in [0.2, 0.25) is 0 Å². The van der Waals surface area contributed by atoms with Crippen molar-refractivity contribution < 1.29 is 18.7 Å². The third-order valence-corrected chi connectivity index (χ3v) is 3.39. The quantitative estimate of drug-likeness (QED) is 0.769. The van der Waals surface area contributed by atoms with E-state index in [-0.39, 0.29) is 17.7 Å². The van der Waals surface area contributed by atoms with E-state index < -0.39 is 11.8 Å². The Bertz CT molecular complexity index is 858. The van der Waals surface area contributed by atoms with Crippen molar-refractivity contribution in [2.75, 3.05) is 5.32 Å². The summed E-state index contributed by atoms with van der Waals surface area (Å²) in [5.74, 6) is -1.69. The van der Waals surface area contributed by atoms with Gasteiger partial charge in [0, 0.05) is 5.69 Å². The summed E-state index contributed by atoms with van der Waals surface area (Å²) in [6.07, 6.45) is 0.823. The second-order valence-electron chi connectivity index (χ2n) is 4.94. The van der Waals surface area contributed by atoms with Crippen LogP contribution in [0, 0.1) is 12.7 Å². The molecule has 0 atom stereocenters. The molecule has 1 aromatic heterocycles. The summed E-state index contributed by atoms with van der Waals surface area (Å²) in [4.78, 5) is 14.9. The maximum absolute atomic E-state index is 14.6. The molecular formula is C16H13FN2O3. The molecule has 0 saturated carbocycles. The van der Waals surface area contributed by atoms with Crippen LogP contribution in [0.5, 0.6) is 0 Å². The van der Waals surface area contributed by atoms with Crippen LogP contribution in [0.15, 0.2) is 41.1 Å². The van der Waals surface area contributed by atoms with Gasteiger partial charge in [0.1, 0.15) is 5.52 Å². The molecule has 6 heteroatoms. The molecule has 2 aromatic carbocycles. The number of aliphatic carboxylic acids is 1. The van der Waals surface area contributed by atoms with Crippen molar-refractivity contribution in [3.8, 4) is 0 Å². The van der Waals surface area contributed by atoms with Crippen molar-refractivity contribution in [2.45, 2.75) is 13.3 Å². The molecule has 112 valence electrons. The smallest absolute Gasteiger partial charge is 0.307 e. The van der Waals surface area contributed by atoms with Gasteiger partial charge in [-0.3, -0.25) is 4.79 Å². The van der Waals surface area contributed by atoms with Gasteiger partial charge in [-0.05, 0) is 30.2 Å². The molecule has 0 saturated heterocycles. The lowest BCUT2D eigenvalue weighted by Crippen LogP contribution is -2.06. The van der Waals surface area contributed by atoms with Crippen molar-refractivity contribution in [1.29, 1.82) is 0 Å². The number of anilines is 2. The Kier molecular flexibility index (Phi) is 3.50. The molecule has 0 spiro atoms. The number of hydrogen-bond donors (Lipinski definition) is 2. The molecule has 0 aliphatic rings. The predicted molar refractivity (Wildman–Crippen MR) is 79.8 cm³/mol. The normalized spacial score (nSPS) is 10.8. The van der Waals surface area contributed by atoms with E-state index in [0.29, 0.717) is 16.8 Å². The second-order valence-corrected chi connectivity index (χ2v) is 4.94. The Morgan fingerprint density at radius 1 is 1.41 bits per heavy atom. The Balaban J connectivity index is 2.15.